The highest BCUT2D eigenvalue weighted by Gasteiger charge is 2.33. The molecule has 1 saturated carbocycles. The third-order valence-electron chi connectivity index (χ3n) is 8.96. The van der Waals surface area contributed by atoms with Gasteiger partial charge in [-0.3, -0.25) is 13.9 Å². The fourth-order valence-electron chi connectivity index (χ4n) is 6.56. The molecule has 0 spiro atoms. The molecule has 0 bridgehead atoms. The van der Waals surface area contributed by atoms with Gasteiger partial charge >= 0.3 is 5.69 Å². The molecular formula is C32H40F2N6O3. The Morgan fingerprint density at radius 3 is 2.65 bits per heavy atom. The fraction of sp³-hybridized carbons (Fsp3) is 0.531. The van der Waals surface area contributed by atoms with E-state index >= 15 is 8.78 Å². The van der Waals surface area contributed by atoms with Gasteiger partial charge < -0.3 is 14.0 Å². The molecule has 1 aliphatic carbocycles. The van der Waals surface area contributed by atoms with Crippen LogP contribution in [0, 0.1) is 5.92 Å². The largest absolute Gasteiger partial charge is 0.382 e. The summed E-state index contributed by atoms with van der Waals surface area (Å²) in [6.07, 6.45) is 10.3. The first-order chi connectivity index (χ1) is 20.7. The number of likely N-dealkylation sites (tertiary alicyclic amines) is 1. The highest BCUT2D eigenvalue weighted by molar-refractivity contribution is 5.58. The number of rotatable bonds is 11. The third kappa shape index (κ3) is 6.16. The summed E-state index contributed by atoms with van der Waals surface area (Å²) >= 11 is 0. The van der Waals surface area contributed by atoms with Crippen molar-refractivity contribution < 1.29 is 18.3 Å². The molecule has 4 aromatic rings. The number of aryl methyl sites for hydroxylation is 1. The average Bonchev–Trinajstić information content (AvgIpc) is 3.52. The van der Waals surface area contributed by atoms with E-state index < -0.39 is 5.92 Å². The summed E-state index contributed by atoms with van der Waals surface area (Å²) < 4.78 is 45.9. The van der Waals surface area contributed by atoms with Crippen molar-refractivity contribution in [3.8, 4) is 5.69 Å². The smallest absolute Gasteiger partial charge is 0.337 e. The van der Waals surface area contributed by atoms with Gasteiger partial charge in [-0.05, 0) is 67.5 Å². The summed E-state index contributed by atoms with van der Waals surface area (Å²) in [6.45, 7) is 3.95. The van der Waals surface area contributed by atoms with Crippen molar-refractivity contribution in [2.75, 3.05) is 33.4 Å². The molecule has 43 heavy (non-hydrogen) atoms. The van der Waals surface area contributed by atoms with Crippen molar-refractivity contribution in [3.05, 3.63) is 82.1 Å². The van der Waals surface area contributed by atoms with Gasteiger partial charge in [0.1, 0.15) is 12.2 Å². The number of halogens is 2. The van der Waals surface area contributed by atoms with Crippen LogP contribution in [0.4, 0.5) is 8.78 Å². The second-order valence-electron chi connectivity index (χ2n) is 12.1. The number of nitrogens with zero attached hydrogens (tertiary/aromatic N) is 6. The van der Waals surface area contributed by atoms with E-state index in [1.165, 1.54) is 15.4 Å². The summed E-state index contributed by atoms with van der Waals surface area (Å²) in [6, 6.07) is 9.35. The lowest BCUT2D eigenvalue weighted by atomic mass is 9.72. The van der Waals surface area contributed by atoms with Crippen molar-refractivity contribution in [1.82, 2.24) is 28.6 Å². The van der Waals surface area contributed by atoms with Crippen LogP contribution in [0.15, 0.2) is 53.8 Å². The van der Waals surface area contributed by atoms with Crippen molar-refractivity contribution in [2.24, 2.45) is 13.0 Å². The van der Waals surface area contributed by atoms with Crippen LogP contribution >= 0.6 is 0 Å². The van der Waals surface area contributed by atoms with Crippen LogP contribution in [0.3, 0.4) is 0 Å². The normalized spacial score (nSPS) is 19.1. The van der Waals surface area contributed by atoms with E-state index in [-0.39, 0.29) is 28.8 Å². The van der Waals surface area contributed by atoms with Crippen LogP contribution < -0.4 is 5.69 Å². The van der Waals surface area contributed by atoms with Crippen molar-refractivity contribution in [3.63, 3.8) is 0 Å². The molecule has 4 heterocycles. The van der Waals surface area contributed by atoms with Gasteiger partial charge in [-0.1, -0.05) is 18.6 Å². The fourth-order valence-corrected chi connectivity index (χ4v) is 6.56. The Kier molecular flexibility index (Phi) is 8.48. The van der Waals surface area contributed by atoms with Crippen LogP contribution in [0.5, 0.6) is 0 Å². The minimum Gasteiger partial charge on any atom is -0.382 e. The molecule has 11 heteroatoms. The van der Waals surface area contributed by atoms with Gasteiger partial charge in [0.2, 0.25) is 0 Å². The van der Waals surface area contributed by atoms with Crippen molar-refractivity contribution >= 4 is 5.52 Å². The van der Waals surface area contributed by atoms with Crippen LogP contribution in [0.2, 0.25) is 0 Å². The Hall–Kier alpha value is -3.41. The molecule has 2 fully saturated rings. The molecule has 1 aliphatic heterocycles. The third-order valence-corrected chi connectivity index (χ3v) is 8.96. The van der Waals surface area contributed by atoms with Crippen molar-refractivity contribution in [1.29, 1.82) is 0 Å². The number of pyridine rings is 1. The Bertz CT molecular complexity index is 1620. The predicted octanol–water partition coefficient (Wildman–Crippen LogP) is 4.89. The number of ether oxygens (including phenoxy) is 2. The minimum atomic E-state index is -3.13. The number of aromatic nitrogens is 5. The Morgan fingerprint density at radius 2 is 1.95 bits per heavy atom. The molecule has 0 N–H and O–H groups in total. The van der Waals surface area contributed by atoms with E-state index in [1.807, 2.05) is 29.8 Å². The quantitative estimate of drug-likeness (QED) is 0.230. The van der Waals surface area contributed by atoms with Crippen LogP contribution in [-0.4, -0.2) is 68.1 Å². The lowest BCUT2D eigenvalue weighted by Crippen LogP contribution is -2.39. The summed E-state index contributed by atoms with van der Waals surface area (Å²) in [5.74, 6) is -1.76. The molecule has 230 valence electrons. The zero-order valence-corrected chi connectivity index (χ0v) is 25.1. The first-order valence-corrected chi connectivity index (χ1v) is 15.1. The SMILES string of the molecule is COCCO[C@H]1CCCN(Cc2cc(C(C)(F)F)c3cn(-c4cccc([C@H](c5nncn5C)C5CCC5)c4)c(=O)n3c2)C1. The number of alkyl halides is 2. The second kappa shape index (κ2) is 12.3. The molecule has 1 aromatic carbocycles. The van der Waals surface area contributed by atoms with Gasteiger partial charge in [0, 0.05) is 58.0 Å². The molecular weight excluding hydrogens is 554 g/mol. The topological polar surface area (TPSA) is 78.8 Å². The summed E-state index contributed by atoms with van der Waals surface area (Å²) in [5.41, 5.74) is 2.01. The maximum atomic E-state index is 15.0. The summed E-state index contributed by atoms with van der Waals surface area (Å²) in [7, 11) is 3.59. The molecule has 6 rings (SSSR count). The van der Waals surface area contributed by atoms with Gasteiger partial charge in [0.25, 0.3) is 5.92 Å². The number of fused-ring (bicyclic) bond motifs is 1. The second-order valence-corrected chi connectivity index (χ2v) is 12.1. The van der Waals surface area contributed by atoms with Gasteiger partial charge in [-0.2, -0.15) is 0 Å². The Morgan fingerprint density at radius 1 is 1.12 bits per heavy atom. The first kappa shape index (κ1) is 29.7. The average molecular weight is 595 g/mol. The van der Waals surface area contributed by atoms with Crippen LogP contribution in [-0.2, 0) is 29.0 Å². The Balaban J connectivity index is 1.34. The molecule has 0 unspecified atom stereocenters. The molecule has 3 aromatic heterocycles. The van der Waals surface area contributed by atoms with Gasteiger partial charge in [-0.25, -0.2) is 13.6 Å². The molecule has 0 amide bonds. The number of hydrogen-bond donors (Lipinski definition) is 0. The number of imidazole rings is 1. The number of methoxy groups -OCH3 is 1. The van der Waals surface area contributed by atoms with Gasteiger partial charge in [0.05, 0.1) is 30.5 Å². The lowest BCUT2D eigenvalue weighted by Gasteiger charge is -2.33. The molecule has 1 saturated heterocycles. The zero-order chi connectivity index (χ0) is 30.1. The van der Waals surface area contributed by atoms with E-state index in [1.54, 1.807) is 31.9 Å². The maximum Gasteiger partial charge on any atom is 0.337 e. The van der Waals surface area contributed by atoms with Crippen LogP contribution in [0.1, 0.15) is 67.5 Å². The lowest BCUT2D eigenvalue weighted by molar-refractivity contribution is -0.0225. The molecule has 2 atom stereocenters. The van der Waals surface area contributed by atoms with Gasteiger partial charge in [-0.15, -0.1) is 10.2 Å². The number of piperidine rings is 1. The van der Waals surface area contributed by atoms with E-state index in [4.69, 9.17) is 9.47 Å². The van der Waals surface area contributed by atoms with E-state index in [0.717, 1.165) is 50.5 Å². The maximum absolute atomic E-state index is 15.0. The van der Waals surface area contributed by atoms with E-state index in [0.29, 0.717) is 43.5 Å². The molecule has 0 radical (unpaired) electrons. The predicted molar refractivity (Wildman–Crippen MR) is 159 cm³/mol. The summed E-state index contributed by atoms with van der Waals surface area (Å²) in [4.78, 5) is 16.0. The van der Waals surface area contributed by atoms with E-state index in [2.05, 4.69) is 21.2 Å². The highest BCUT2D eigenvalue weighted by atomic mass is 19.3. The molecule has 9 nitrogen and oxygen atoms in total. The van der Waals surface area contributed by atoms with Gasteiger partial charge in [0.15, 0.2) is 0 Å². The molecule has 2 aliphatic rings. The monoisotopic (exact) mass is 594 g/mol. The highest BCUT2D eigenvalue weighted by Crippen LogP contribution is 2.43. The number of hydrogen-bond acceptors (Lipinski definition) is 6. The first-order valence-electron chi connectivity index (χ1n) is 15.1. The van der Waals surface area contributed by atoms with Crippen molar-refractivity contribution in [2.45, 2.75) is 63.5 Å². The summed E-state index contributed by atoms with van der Waals surface area (Å²) in [5, 5.41) is 8.51. The Labute approximate surface area is 250 Å². The minimum absolute atomic E-state index is 0.0444. The number of benzene rings is 1. The zero-order valence-electron chi connectivity index (χ0n) is 25.1. The van der Waals surface area contributed by atoms with Crippen LogP contribution in [0.25, 0.3) is 11.2 Å². The van der Waals surface area contributed by atoms with E-state index in [9.17, 15) is 4.79 Å². The standard InChI is InChI=1S/C32H40F2N6O3/c1-32(33,34)27-15-22(17-38-12-6-11-26(19-38)43-14-13-42-3)18-40-28(27)20-39(31(40)41)25-10-5-9-24(16-25)29(23-7-4-8-23)30-36-35-21-37(30)2/h5,9-10,15-16,18,20-21,23,26,29H,4,6-8,11-14,17,19H2,1-3H3/t26-,29+/m0/s1.